The number of carbonyl (C=O) groups excluding carboxylic acids is 4. The van der Waals surface area contributed by atoms with Crippen LogP contribution >= 0.6 is 11.8 Å². The lowest BCUT2D eigenvalue weighted by Crippen LogP contribution is -2.57. The molecule has 0 aliphatic rings. The first-order valence-corrected chi connectivity index (χ1v) is 11.7. The van der Waals surface area contributed by atoms with Gasteiger partial charge < -0.3 is 32.5 Å². The van der Waals surface area contributed by atoms with E-state index in [9.17, 15) is 29.1 Å². The third-order valence-electron chi connectivity index (χ3n) is 4.66. The van der Waals surface area contributed by atoms with Gasteiger partial charge in [-0.1, -0.05) is 30.3 Å². The Bertz CT molecular complexity index is 823. The molecule has 33 heavy (non-hydrogen) atoms. The van der Waals surface area contributed by atoms with E-state index in [2.05, 4.69) is 16.0 Å². The van der Waals surface area contributed by atoms with Gasteiger partial charge in [-0.05, 0) is 30.4 Å². The predicted molar refractivity (Wildman–Crippen MR) is 124 cm³/mol. The smallest absolute Gasteiger partial charge is 0.326 e. The van der Waals surface area contributed by atoms with Gasteiger partial charge in [0.05, 0.1) is 6.54 Å². The van der Waals surface area contributed by atoms with E-state index in [1.165, 1.54) is 11.8 Å². The van der Waals surface area contributed by atoms with E-state index in [1.54, 1.807) is 30.3 Å². The van der Waals surface area contributed by atoms with Gasteiger partial charge in [0.1, 0.15) is 18.1 Å². The number of thioether (sulfide) groups is 1. The van der Waals surface area contributed by atoms with Crippen LogP contribution in [0.3, 0.4) is 0 Å². The number of hydrogen-bond acceptors (Lipinski definition) is 7. The molecule has 0 heterocycles. The molecule has 4 amide bonds. The van der Waals surface area contributed by atoms with Gasteiger partial charge in [-0.3, -0.25) is 19.2 Å². The minimum atomic E-state index is -1.18. The van der Waals surface area contributed by atoms with Crippen LogP contribution in [0.25, 0.3) is 0 Å². The third-order valence-corrected chi connectivity index (χ3v) is 5.30. The van der Waals surface area contributed by atoms with E-state index < -0.39 is 47.7 Å². The van der Waals surface area contributed by atoms with E-state index in [-0.39, 0.29) is 32.2 Å². The fraction of sp³-hybridized carbons (Fsp3) is 0.476. The first-order chi connectivity index (χ1) is 15.7. The molecule has 3 unspecified atom stereocenters. The summed E-state index contributed by atoms with van der Waals surface area (Å²) in [5, 5.41) is 16.9. The highest BCUT2D eigenvalue weighted by atomic mass is 32.2. The molecule has 0 radical (unpaired) electrons. The molecule has 1 rings (SSSR count). The van der Waals surface area contributed by atoms with Crippen LogP contribution in [0.2, 0.25) is 0 Å². The van der Waals surface area contributed by atoms with Crippen LogP contribution in [0.1, 0.15) is 24.8 Å². The van der Waals surface area contributed by atoms with Crippen molar-refractivity contribution in [2.24, 2.45) is 11.5 Å². The van der Waals surface area contributed by atoms with Crippen LogP contribution in [-0.2, 0) is 30.4 Å². The number of carbonyl (C=O) groups is 5. The Labute approximate surface area is 196 Å². The van der Waals surface area contributed by atoms with Crippen LogP contribution in [0.5, 0.6) is 0 Å². The second-order valence-corrected chi connectivity index (χ2v) is 8.25. The van der Waals surface area contributed by atoms with Crippen molar-refractivity contribution in [3.63, 3.8) is 0 Å². The molecule has 1 aromatic carbocycles. The lowest BCUT2D eigenvalue weighted by Gasteiger charge is -2.24. The van der Waals surface area contributed by atoms with Crippen LogP contribution in [0, 0.1) is 0 Å². The van der Waals surface area contributed by atoms with Crippen molar-refractivity contribution < 1.29 is 29.1 Å². The topological polar surface area (TPSA) is 194 Å². The van der Waals surface area contributed by atoms with Gasteiger partial charge in [0.25, 0.3) is 0 Å². The minimum absolute atomic E-state index is 0.0840. The van der Waals surface area contributed by atoms with Gasteiger partial charge in [-0.15, -0.1) is 0 Å². The van der Waals surface area contributed by atoms with Crippen LogP contribution in [-0.4, -0.2) is 71.4 Å². The van der Waals surface area contributed by atoms with E-state index in [4.69, 9.17) is 11.5 Å². The highest BCUT2D eigenvalue weighted by molar-refractivity contribution is 7.98. The number of nitrogens with one attached hydrogen (secondary N) is 3. The summed E-state index contributed by atoms with van der Waals surface area (Å²) in [7, 11) is 0. The fourth-order valence-corrected chi connectivity index (χ4v) is 3.38. The van der Waals surface area contributed by atoms with Crippen molar-refractivity contribution >= 4 is 41.4 Å². The lowest BCUT2D eigenvalue weighted by molar-refractivity contribution is -0.142. The molecular formula is C21H31N5O6S. The van der Waals surface area contributed by atoms with Crippen molar-refractivity contribution in [3.8, 4) is 0 Å². The van der Waals surface area contributed by atoms with Gasteiger partial charge in [0.2, 0.25) is 23.6 Å². The number of rotatable bonds is 15. The molecule has 0 spiro atoms. The summed E-state index contributed by atoms with van der Waals surface area (Å²) in [6.07, 6.45) is 1.86. The summed E-state index contributed by atoms with van der Waals surface area (Å²) in [4.78, 5) is 60.3. The normalized spacial score (nSPS) is 13.3. The summed E-state index contributed by atoms with van der Waals surface area (Å²) in [6, 6.07) is 5.45. The zero-order valence-corrected chi connectivity index (χ0v) is 19.2. The number of amides is 4. The van der Waals surface area contributed by atoms with Crippen LogP contribution in [0.15, 0.2) is 30.3 Å². The van der Waals surface area contributed by atoms with E-state index >= 15 is 0 Å². The summed E-state index contributed by atoms with van der Waals surface area (Å²) in [6.45, 7) is -0.371. The summed E-state index contributed by atoms with van der Waals surface area (Å²) >= 11 is 1.44. The second kappa shape index (κ2) is 14.9. The monoisotopic (exact) mass is 481 g/mol. The maximum absolute atomic E-state index is 13.0. The van der Waals surface area contributed by atoms with Crippen molar-refractivity contribution in [1.29, 1.82) is 0 Å². The van der Waals surface area contributed by atoms with Crippen LogP contribution < -0.4 is 27.4 Å². The lowest BCUT2D eigenvalue weighted by atomic mass is 10.0. The molecule has 8 N–H and O–H groups in total. The molecule has 0 aliphatic carbocycles. The Hall–Kier alpha value is -3.12. The van der Waals surface area contributed by atoms with Crippen molar-refractivity contribution in [1.82, 2.24) is 16.0 Å². The number of hydrogen-bond donors (Lipinski definition) is 6. The maximum Gasteiger partial charge on any atom is 0.326 e. The molecule has 0 saturated heterocycles. The standard InChI is InChI=1S/C21H31N5O6S/c1-33-10-9-15(21(31)32)25-20(30)16(11-13-5-3-2-4-6-13)26-19(29)14(7-8-17(23)27)24-18(28)12-22/h2-6,14-16H,7-12,22H2,1H3,(H2,23,27)(H,24,28)(H,25,30)(H,26,29)(H,31,32). The van der Waals surface area contributed by atoms with E-state index in [1.807, 2.05) is 6.26 Å². The fourth-order valence-electron chi connectivity index (χ4n) is 2.91. The number of nitrogens with two attached hydrogens (primary N) is 2. The summed E-state index contributed by atoms with van der Waals surface area (Å²) < 4.78 is 0. The average Bonchev–Trinajstić information content (AvgIpc) is 2.78. The Morgan fingerprint density at radius 3 is 2.09 bits per heavy atom. The van der Waals surface area contributed by atoms with Crippen molar-refractivity contribution in [2.75, 3.05) is 18.6 Å². The molecule has 3 atom stereocenters. The molecule has 0 saturated carbocycles. The van der Waals surface area contributed by atoms with Crippen LogP contribution in [0.4, 0.5) is 0 Å². The Morgan fingerprint density at radius 2 is 1.55 bits per heavy atom. The molecule has 0 aromatic heterocycles. The Balaban J connectivity index is 3.06. The first kappa shape index (κ1) is 27.9. The summed E-state index contributed by atoms with van der Waals surface area (Å²) in [5.41, 5.74) is 11.2. The largest absolute Gasteiger partial charge is 0.480 e. The van der Waals surface area contributed by atoms with Crippen molar-refractivity contribution in [3.05, 3.63) is 35.9 Å². The quantitative estimate of drug-likeness (QED) is 0.179. The SMILES string of the molecule is CSCCC(NC(=O)C(Cc1ccccc1)NC(=O)C(CCC(N)=O)NC(=O)CN)C(=O)O. The zero-order chi connectivity index (χ0) is 24.8. The highest BCUT2D eigenvalue weighted by Gasteiger charge is 2.29. The number of benzene rings is 1. The molecule has 182 valence electrons. The van der Waals surface area contributed by atoms with Crippen molar-refractivity contribution in [2.45, 2.75) is 43.8 Å². The molecule has 0 aliphatic heterocycles. The number of primary amides is 1. The number of carboxylic acid groups (broad SMARTS) is 1. The van der Waals surface area contributed by atoms with E-state index in [0.717, 1.165) is 5.56 Å². The summed E-state index contributed by atoms with van der Waals surface area (Å²) in [5.74, 6) is -3.34. The van der Waals surface area contributed by atoms with Gasteiger partial charge in [-0.25, -0.2) is 4.79 Å². The molecule has 1 aromatic rings. The Kier molecular flexibility index (Phi) is 12.6. The highest BCUT2D eigenvalue weighted by Crippen LogP contribution is 2.07. The zero-order valence-electron chi connectivity index (χ0n) is 18.4. The molecular weight excluding hydrogens is 450 g/mol. The number of aliphatic carboxylic acids is 1. The number of carboxylic acids is 1. The van der Waals surface area contributed by atoms with E-state index in [0.29, 0.717) is 5.75 Å². The predicted octanol–water partition coefficient (Wildman–Crippen LogP) is -1.25. The second-order valence-electron chi connectivity index (χ2n) is 7.26. The molecule has 0 fully saturated rings. The molecule has 0 bridgehead atoms. The molecule has 11 nitrogen and oxygen atoms in total. The van der Waals surface area contributed by atoms with Gasteiger partial charge in [0.15, 0.2) is 0 Å². The first-order valence-electron chi connectivity index (χ1n) is 10.3. The Morgan fingerprint density at radius 1 is 0.939 bits per heavy atom. The maximum atomic E-state index is 13.0. The van der Waals surface area contributed by atoms with Gasteiger partial charge in [0, 0.05) is 12.8 Å². The third kappa shape index (κ3) is 10.8. The molecule has 12 heteroatoms. The minimum Gasteiger partial charge on any atom is -0.480 e. The van der Waals surface area contributed by atoms with Gasteiger partial charge >= 0.3 is 5.97 Å². The van der Waals surface area contributed by atoms with Gasteiger partial charge in [-0.2, -0.15) is 11.8 Å². The average molecular weight is 482 g/mol.